The quantitative estimate of drug-likeness (QED) is 0.345. The molecule has 2 aromatic rings. The van der Waals surface area contributed by atoms with Crippen molar-refractivity contribution in [3.05, 3.63) is 56.6 Å². The van der Waals surface area contributed by atoms with Crippen molar-refractivity contribution in [2.45, 2.75) is 13.3 Å². The zero-order chi connectivity index (χ0) is 20.0. The van der Waals surface area contributed by atoms with Gasteiger partial charge in [-0.2, -0.15) is 5.11 Å². The Morgan fingerprint density at radius 3 is 2.26 bits per heavy atom. The highest BCUT2D eigenvalue weighted by Gasteiger charge is 2.14. The van der Waals surface area contributed by atoms with E-state index in [4.69, 9.17) is 28.3 Å². The first kappa shape index (κ1) is 20.6. The van der Waals surface area contributed by atoms with E-state index in [1.165, 1.54) is 0 Å². The first-order valence-electron chi connectivity index (χ1n) is 7.93. The van der Waals surface area contributed by atoms with Crippen molar-refractivity contribution in [1.29, 1.82) is 0 Å². The first-order valence-corrected chi connectivity index (χ1v) is 8.69. The van der Waals surface area contributed by atoms with Crippen molar-refractivity contribution in [1.82, 2.24) is 0 Å². The number of hydrogen-bond acceptors (Lipinski definition) is 6. The normalized spacial score (nSPS) is 10.9. The number of nitro groups is 1. The Kier molecular flexibility index (Phi) is 7.09. The molecule has 0 aliphatic heterocycles. The molecule has 0 aliphatic rings. The highest BCUT2D eigenvalue weighted by atomic mass is 35.5. The number of benzene rings is 2. The third-order valence-corrected chi connectivity index (χ3v) is 4.25. The second-order valence-corrected chi connectivity index (χ2v) is 6.27. The summed E-state index contributed by atoms with van der Waals surface area (Å²) in [5.41, 5.74) is 1.31. The summed E-state index contributed by atoms with van der Waals surface area (Å²) in [7, 11) is 0. The lowest BCUT2D eigenvalue weighted by Gasteiger charge is -2.22. The molecule has 0 amide bonds. The molecule has 0 aromatic heterocycles. The van der Waals surface area contributed by atoms with Crippen molar-refractivity contribution in [3.63, 3.8) is 0 Å². The summed E-state index contributed by atoms with van der Waals surface area (Å²) in [5.74, 6) is -0.851. The largest absolute Gasteiger partial charge is 0.481 e. The van der Waals surface area contributed by atoms with Crippen LogP contribution in [0.4, 0.5) is 22.7 Å². The van der Waals surface area contributed by atoms with Crippen molar-refractivity contribution in [2.75, 3.05) is 18.0 Å². The number of rotatable bonds is 8. The summed E-state index contributed by atoms with van der Waals surface area (Å²) in [6.45, 7) is 3.01. The molecule has 0 unspecified atom stereocenters. The van der Waals surface area contributed by atoms with Crippen LogP contribution in [0.3, 0.4) is 0 Å². The summed E-state index contributed by atoms with van der Waals surface area (Å²) in [5, 5.41) is 27.7. The van der Waals surface area contributed by atoms with Crippen LogP contribution in [-0.2, 0) is 4.79 Å². The zero-order valence-corrected chi connectivity index (χ0v) is 15.8. The maximum atomic E-state index is 10.8. The van der Waals surface area contributed by atoms with Gasteiger partial charge in [-0.3, -0.25) is 14.9 Å². The summed E-state index contributed by atoms with van der Waals surface area (Å²) in [6.07, 6.45) is 0.0481. The van der Waals surface area contributed by atoms with Crippen LogP contribution in [0.1, 0.15) is 13.3 Å². The predicted octanol–water partition coefficient (Wildman–Crippen LogP) is 5.62. The zero-order valence-electron chi connectivity index (χ0n) is 14.3. The third kappa shape index (κ3) is 5.63. The Bertz CT molecular complexity index is 849. The average molecular weight is 411 g/mol. The molecular formula is C17H16Cl2N4O4. The van der Waals surface area contributed by atoms with Crippen LogP contribution in [-0.4, -0.2) is 29.1 Å². The molecule has 0 aliphatic carbocycles. The standard InChI is InChI=1S/C17H16Cl2N4O4/c1-2-22(8-7-16(24)25)12-5-3-11(4-6-12)20-21-17-14(18)9-13(23(26)27)10-15(17)19/h3-6,9-10H,2,7-8H2,1H3,(H,24,25). The number of nitro benzene ring substituents is 1. The molecule has 0 fully saturated rings. The van der Waals surface area contributed by atoms with Gasteiger partial charge in [0.2, 0.25) is 0 Å². The van der Waals surface area contributed by atoms with Crippen LogP contribution in [0.15, 0.2) is 46.6 Å². The van der Waals surface area contributed by atoms with Crippen LogP contribution in [0.2, 0.25) is 10.0 Å². The fourth-order valence-corrected chi connectivity index (χ4v) is 2.84. The minimum absolute atomic E-state index is 0.0281. The van der Waals surface area contributed by atoms with Crippen LogP contribution in [0, 0.1) is 10.1 Å². The lowest BCUT2D eigenvalue weighted by Crippen LogP contribution is -2.25. The van der Waals surface area contributed by atoms with E-state index in [9.17, 15) is 14.9 Å². The maximum absolute atomic E-state index is 10.8. The molecule has 1 N–H and O–H groups in total. The smallest absolute Gasteiger partial charge is 0.305 e. The summed E-state index contributed by atoms with van der Waals surface area (Å²) < 4.78 is 0. The van der Waals surface area contributed by atoms with Gasteiger partial charge in [-0.15, -0.1) is 5.11 Å². The predicted molar refractivity (Wildman–Crippen MR) is 104 cm³/mol. The fourth-order valence-electron chi connectivity index (χ4n) is 2.29. The van der Waals surface area contributed by atoms with Gasteiger partial charge in [-0.1, -0.05) is 23.2 Å². The van der Waals surface area contributed by atoms with Crippen LogP contribution in [0.25, 0.3) is 0 Å². The molecule has 0 atom stereocenters. The Hall–Kier alpha value is -2.71. The Morgan fingerprint density at radius 2 is 1.78 bits per heavy atom. The number of azo groups is 1. The highest BCUT2D eigenvalue weighted by molar-refractivity contribution is 6.39. The topological polar surface area (TPSA) is 108 Å². The second kappa shape index (κ2) is 9.29. The minimum atomic E-state index is -0.851. The van der Waals surface area contributed by atoms with E-state index in [1.54, 1.807) is 24.3 Å². The number of anilines is 1. The molecule has 2 aromatic carbocycles. The van der Waals surface area contributed by atoms with Gasteiger partial charge in [0.05, 0.1) is 27.1 Å². The third-order valence-electron chi connectivity index (χ3n) is 3.67. The Labute approximate surface area is 165 Å². The number of nitrogens with zero attached hydrogens (tertiary/aromatic N) is 4. The van der Waals surface area contributed by atoms with E-state index in [0.717, 1.165) is 17.8 Å². The van der Waals surface area contributed by atoms with Gasteiger partial charge in [-0.05, 0) is 31.2 Å². The molecule has 0 radical (unpaired) electrons. The number of carbonyl (C=O) groups is 1. The van der Waals surface area contributed by atoms with Crippen molar-refractivity contribution in [2.24, 2.45) is 10.2 Å². The number of hydrogen-bond donors (Lipinski definition) is 1. The molecule has 0 saturated heterocycles. The number of non-ortho nitro benzene ring substituents is 1. The van der Waals surface area contributed by atoms with Crippen molar-refractivity contribution < 1.29 is 14.8 Å². The Morgan fingerprint density at radius 1 is 1.19 bits per heavy atom. The maximum Gasteiger partial charge on any atom is 0.305 e. The van der Waals surface area contributed by atoms with Gasteiger partial charge in [0.1, 0.15) is 5.69 Å². The molecule has 8 nitrogen and oxygen atoms in total. The van der Waals surface area contributed by atoms with Crippen LogP contribution in [0.5, 0.6) is 0 Å². The number of carboxylic acids is 1. The van der Waals surface area contributed by atoms with E-state index in [1.807, 2.05) is 11.8 Å². The van der Waals surface area contributed by atoms with Crippen LogP contribution >= 0.6 is 23.2 Å². The van der Waals surface area contributed by atoms with E-state index in [2.05, 4.69) is 10.2 Å². The summed E-state index contributed by atoms with van der Waals surface area (Å²) in [4.78, 5) is 22.8. The second-order valence-electron chi connectivity index (χ2n) is 5.45. The number of carboxylic acid groups (broad SMARTS) is 1. The first-order chi connectivity index (χ1) is 12.8. The van der Waals surface area contributed by atoms with E-state index < -0.39 is 10.9 Å². The monoisotopic (exact) mass is 410 g/mol. The lowest BCUT2D eigenvalue weighted by molar-refractivity contribution is -0.384. The van der Waals surface area contributed by atoms with Crippen molar-refractivity contribution in [3.8, 4) is 0 Å². The molecule has 0 saturated carbocycles. The number of halogens is 2. The summed E-state index contributed by atoms with van der Waals surface area (Å²) >= 11 is 12.0. The molecule has 0 heterocycles. The van der Waals surface area contributed by atoms with Gasteiger partial charge in [0, 0.05) is 30.9 Å². The van der Waals surface area contributed by atoms with Crippen molar-refractivity contribution >= 4 is 51.9 Å². The number of aliphatic carboxylic acids is 1. The summed E-state index contributed by atoms with van der Waals surface area (Å²) in [6, 6.07) is 9.36. The van der Waals surface area contributed by atoms with E-state index >= 15 is 0 Å². The van der Waals surface area contributed by atoms with Gasteiger partial charge in [-0.25, -0.2) is 0 Å². The van der Waals surface area contributed by atoms with E-state index in [-0.39, 0.29) is 27.8 Å². The molecular weight excluding hydrogens is 395 g/mol. The molecule has 10 heteroatoms. The Balaban J connectivity index is 2.16. The highest BCUT2D eigenvalue weighted by Crippen LogP contribution is 2.37. The SMILES string of the molecule is CCN(CCC(=O)O)c1ccc(N=Nc2c(Cl)cc([N+](=O)[O-])cc2Cl)cc1. The van der Waals surface area contributed by atoms with E-state index in [0.29, 0.717) is 18.8 Å². The van der Waals surface area contributed by atoms with Gasteiger partial charge in [0.25, 0.3) is 5.69 Å². The molecule has 2 rings (SSSR count). The van der Waals surface area contributed by atoms with Crippen LogP contribution < -0.4 is 4.90 Å². The van der Waals surface area contributed by atoms with Gasteiger partial charge < -0.3 is 10.0 Å². The molecule has 27 heavy (non-hydrogen) atoms. The molecule has 0 spiro atoms. The van der Waals surface area contributed by atoms with Gasteiger partial charge >= 0.3 is 5.97 Å². The molecule has 0 bridgehead atoms. The minimum Gasteiger partial charge on any atom is -0.481 e. The lowest BCUT2D eigenvalue weighted by atomic mass is 10.2. The van der Waals surface area contributed by atoms with Gasteiger partial charge in [0.15, 0.2) is 0 Å². The fraction of sp³-hybridized carbons (Fsp3) is 0.235. The average Bonchev–Trinajstić information content (AvgIpc) is 2.62. The molecule has 142 valence electrons.